The number of nitrogens with zero attached hydrogens (tertiary/aromatic N) is 1. The molecule has 0 bridgehead atoms. The lowest BCUT2D eigenvalue weighted by molar-refractivity contribution is 0.0697. The van der Waals surface area contributed by atoms with Crippen molar-refractivity contribution in [3.05, 3.63) is 34.2 Å². The molecule has 0 aliphatic heterocycles. The highest BCUT2D eigenvalue weighted by Crippen LogP contribution is 2.33. The van der Waals surface area contributed by atoms with E-state index in [1.807, 2.05) is 0 Å². The van der Waals surface area contributed by atoms with Crippen LogP contribution in [0.5, 0.6) is 0 Å². The Morgan fingerprint density at radius 3 is 2.90 bits per heavy atom. The number of benzene rings is 1. The molecule has 5 nitrogen and oxygen atoms in total. The molecule has 0 spiro atoms. The summed E-state index contributed by atoms with van der Waals surface area (Å²) in [6.07, 6.45) is 4.27. The molecule has 5 heteroatoms. The highest BCUT2D eigenvalue weighted by atomic mass is 16.4. The number of nitrogens with one attached hydrogen (secondary N) is 1. The highest BCUT2D eigenvalue weighted by Gasteiger charge is 2.23. The third kappa shape index (κ3) is 2.13. The van der Waals surface area contributed by atoms with Crippen molar-refractivity contribution in [2.24, 2.45) is 5.92 Å². The zero-order valence-corrected chi connectivity index (χ0v) is 11.4. The van der Waals surface area contributed by atoms with Crippen LogP contribution in [0.1, 0.15) is 49.0 Å². The fraction of sp³-hybridized carbons (Fsp3) is 0.467. The fourth-order valence-corrected chi connectivity index (χ4v) is 3.25. The molecule has 1 heterocycles. The van der Waals surface area contributed by atoms with Crippen molar-refractivity contribution in [2.75, 3.05) is 0 Å². The molecule has 0 amide bonds. The van der Waals surface area contributed by atoms with Crippen LogP contribution in [0, 0.1) is 5.92 Å². The topological polar surface area (TPSA) is 75.1 Å². The lowest BCUT2D eigenvalue weighted by Gasteiger charge is -2.27. The molecule has 20 heavy (non-hydrogen) atoms. The summed E-state index contributed by atoms with van der Waals surface area (Å²) in [5.74, 6) is -0.364. The van der Waals surface area contributed by atoms with Gasteiger partial charge in [0.25, 0.3) is 0 Å². The molecule has 1 aromatic carbocycles. The molecular weight excluding hydrogens is 256 g/mol. The average molecular weight is 274 g/mol. The van der Waals surface area contributed by atoms with Crippen LogP contribution in [0.3, 0.4) is 0 Å². The Bertz CT molecular complexity index is 713. The summed E-state index contributed by atoms with van der Waals surface area (Å²) in [7, 11) is 0. The van der Waals surface area contributed by atoms with Gasteiger partial charge in [0.1, 0.15) is 0 Å². The summed E-state index contributed by atoms with van der Waals surface area (Å²) in [6, 6.07) is 4.95. The van der Waals surface area contributed by atoms with E-state index in [4.69, 9.17) is 5.11 Å². The van der Waals surface area contributed by atoms with Gasteiger partial charge in [-0.3, -0.25) is 4.57 Å². The minimum atomic E-state index is -0.968. The molecule has 0 radical (unpaired) electrons. The third-order valence-electron chi connectivity index (χ3n) is 4.24. The molecule has 1 fully saturated rings. The Kier molecular flexibility index (Phi) is 3.12. The van der Waals surface area contributed by atoms with Gasteiger partial charge in [-0.15, -0.1) is 0 Å². The van der Waals surface area contributed by atoms with Crippen LogP contribution >= 0.6 is 0 Å². The number of carboxylic acids is 1. The Labute approximate surface area is 116 Å². The number of carbonyl (C=O) groups is 1. The molecule has 2 unspecified atom stereocenters. The maximum atomic E-state index is 12.2. The molecule has 1 aliphatic carbocycles. The first-order chi connectivity index (χ1) is 9.56. The molecule has 106 valence electrons. The summed E-state index contributed by atoms with van der Waals surface area (Å²) < 4.78 is 1.75. The molecule has 1 aromatic heterocycles. The van der Waals surface area contributed by atoms with Gasteiger partial charge in [-0.25, -0.2) is 9.59 Å². The first kappa shape index (κ1) is 13.0. The minimum Gasteiger partial charge on any atom is -0.478 e. The molecule has 0 saturated heterocycles. The first-order valence-electron chi connectivity index (χ1n) is 7.04. The number of aromatic amines is 1. The Morgan fingerprint density at radius 1 is 1.40 bits per heavy atom. The molecule has 2 N–H and O–H groups in total. The maximum Gasteiger partial charge on any atom is 0.335 e. The number of H-pyrrole nitrogens is 1. The number of hydrogen-bond acceptors (Lipinski definition) is 2. The van der Waals surface area contributed by atoms with E-state index >= 15 is 0 Å². The van der Waals surface area contributed by atoms with Gasteiger partial charge in [0.2, 0.25) is 0 Å². The predicted molar refractivity (Wildman–Crippen MR) is 76.2 cm³/mol. The van der Waals surface area contributed by atoms with Crippen molar-refractivity contribution in [1.82, 2.24) is 9.55 Å². The van der Waals surface area contributed by atoms with E-state index in [9.17, 15) is 9.59 Å². The quantitative estimate of drug-likeness (QED) is 0.884. The summed E-state index contributed by atoms with van der Waals surface area (Å²) in [5, 5.41) is 9.10. The van der Waals surface area contributed by atoms with Crippen LogP contribution in [-0.4, -0.2) is 20.6 Å². The van der Waals surface area contributed by atoms with Gasteiger partial charge in [-0.2, -0.15) is 0 Å². The van der Waals surface area contributed by atoms with Gasteiger partial charge in [0.05, 0.1) is 16.6 Å². The van der Waals surface area contributed by atoms with E-state index in [0.29, 0.717) is 17.0 Å². The standard InChI is InChI=1S/C15H18N2O3/c1-9-3-2-4-11(7-9)17-13-8-10(14(18)19)5-6-12(13)16-15(17)20/h5-6,8-9,11H,2-4,7H2,1H3,(H,16,20)(H,18,19). The van der Waals surface area contributed by atoms with Crippen LogP contribution in [0.2, 0.25) is 0 Å². The molecule has 1 saturated carbocycles. The average Bonchev–Trinajstić information content (AvgIpc) is 2.73. The third-order valence-corrected chi connectivity index (χ3v) is 4.24. The Balaban J connectivity index is 2.13. The van der Waals surface area contributed by atoms with Gasteiger partial charge < -0.3 is 10.1 Å². The van der Waals surface area contributed by atoms with Crippen molar-refractivity contribution in [3.8, 4) is 0 Å². The number of rotatable bonds is 2. The fourth-order valence-electron chi connectivity index (χ4n) is 3.25. The number of fused-ring (bicyclic) bond motifs is 1. The summed E-state index contributed by atoms with van der Waals surface area (Å²) in [6.45, 7) is 2.20. The number of carboxylic acid groups (broad SMARTS) is 1. The molecule has 3 rings (SSSR count). The van der Waals surface area contributed by atoms with Crippen molar-refractivity contribution in [1.29, 1.82) is 0 Å². The van der Waals surface area contributed by atoms with Gasteiger partial charge in [-0.1, -0.05) is 19.8 Å². The van der Waals surface area contributed by atoms with Crippen LogP contribution < -0.4 is 5.69 Å². The number of imidazole rings is 1. The maximum absolute atomic E-state index is 12.2. The van der Waals surface area contributed by atoms with E-state index in [2.05, 4.69) is 11.9 Å². The smallest absolute Gasteiger partial charge is 0.335 e. The van der Waals surface area contributed by atoms with Crippen LogP contribution in [0.4, 0.5) is 0 Å². The number of aromatic nitrogens is 2. The van der Waals surface area contributed by atoms with Crippen molar-refractivity contribution in [2.45, 2.75) is 38.6 Å². The van der Waals surface area contributed by atoms with Gasteiger partial charge >= 0.3 is 11.7 Å². The van der Waals surface area contributed by atoms with E-state index in [1.54, 1.807) is 16.7 Å². The summed E-state index contributed by atoms with van der Waals surface area (Å²) >= 11 is 0. The van der Waals surface area contributed by atoms with Crippen molar-refractivity contribution < 1.29 is 9.90 Å². The summed E-state index contributed by atoms with van der Waals surface area (Å²) in [5.41, 5.74) is 1.49. The van der Waals surface area contributed by atoms with E-state index in [-0.39, 0.29) is 17.3 Å². The lowest BCUT2D eigenvalue weighted by Crippen LogP contribution is -2.26. The second-order valence-electron chi connectivity index (χ2n) is 5.76. The largest absolute Gasteiger partial charge is 0.478 e. The van der Waals surface area contributed by atoms with E-state index in [1.165, 1.54) is 12.5 Å². The molecule has 2 atom stereocenters. The van der Waals surface area contributed by atoms with Crippen LogP contribution in [-0.2, 0) is 0 Å². The summed E-state index contributed by atoms with van der Waals surface area (Å²) in [4.78, 5) is 26.1. The SMILES string of the molecule is CC1CCCC(n2c(=O)[nH]c3ccc(C(=O)O)cc32)C1. The van der Waals surface area contributed by atoms with Crippen LogP contribution in [0.25, 0.3) is 11.0 Å². The van der Waals surface area contributed by atoms with Crippen molar-refractivity contribution >= 4 is 17.0 Å². The minimum absolute atomic E-state index is 0.137. The van der Waals surface area contributed by atoms with E-state index in [0.717, 1.165) is 19.3 Å². The van der Waals surface area contributed by atoms with Crippen molar-refractivity contribution in [3.63, 3.8) is 0 Å². The second kappa shape index (κ2) is 4.81. The zero-order valence-electron chi connectivity index (χ0n) is 11.4. The molecule has 2 aromatic rings. The highest BCUT2D eigenvalue weighted by molar-refractivity contribution is 5.92. The second-order valence-corrected chi connectivity index (χ2v) is 5.76. The van der Waals surface area contributed by atoms with Crippen LogP contribution in [0.15, 0.2) is 23.0 Å². The lowest BCUT2D eigenvalue weighted by atomic mass is 9.87. The Hall–Kier alpha value is -2.04. The normalized spacial score (nSPS) is 23.1. The zero-order chi connectivity index (χ0) is 14.3. The van der Waals surface area contributed by atoms with Gasteiger partial charge in [0.15, 0.2) is 0 Å². The molecule has 1 aliphatic rings. The molecular formula is C15H18N2O3. The Morgan fingerprint density at radius 2 is 2.20 bits per heavy atom. The van der Waals surface area contributed by atoms with Gasteiger partial charge in [0, 0.05) is 6.04 Å². The van der Waals surface area contributed by atoms with E-state index < -0.39 is 5.97 Å². The number of hydrogen-bond donors (Lipinski definition) is 2. The number of aromatic carboxylic acids is 1. The van der Waals surface area contributed by atoms with Gasteiger partial charge in [-0.05, 0) is 37.0 Å². The first-order valence-corrected chi connectivity index (χ1v) is 7.04. The monoisotopic (exact) mass is 274 g/mol. The predicted octanol–water partition coefficient (Wildman–Crippen LogP) is 2.78.